The molecular weight excluding hydrogens is 605 g/mol. The predicted octanol–water partition coefficient (Wildman–Crippen LogP) is -10.1. The second-order valence-corrected chi connectivity index (χ2v) is 12.7. The number of ether oxygens (including phenoxy) is 4. The smallest absolute Gasteiger partial charge is 0.748 e. The topological polar surface area (TPSA) is 229 Å². The second-order valence-electron chi connectivity index (χ2n) is 8.11. The molecule has 0 amide bonds. The van der Waals surface area contributed by atoms with Crippen molar-refractivity contribution >= 4 is 30.4 Å². The van der Waals surface area contributed by atoms with Crippen LogP contribution in [0, 0.1) is 0 Å². The van der Waals surface area contributed by atoms with Crippen LogP contribution in [0.4, 0.5) is 0 Å². The first-order valence-electron chi connectivity index (χ1n) is 11.1. The van der Waals surface area contributed by atoms with Crippen LogP contribution in [0.25, 0.3) is 0 Å². The Bertz CT molecular complexity index is 918. The summed E-state index contributed by atoms with van der Waals surface area (Å²) in [6.45, 7) is 0.323. The van der Waals surface area contributed by atoms with Gasteiger partial charge in [0.1, 0.15) is 6.10 Å². The van der Waals surface area contributed by atoms with Gasteiger partial charge in [-0.2, -0.15) is 0 Å². The summed E-state index contributed by atoms with van der Waals surface area (Å²) in [6.07, 6.45) is -2.26. The summed E-state index contributed by atoms with van der Waals surface area (Å²) in [5, 5.41) is 10.4. The predicted molar refractivity (Wildman–Crippen MR) is 117 cm³/mol. The van der Waals surface area contributed by atoms with Crippen molar-refractivity contribution < 1.29 is 152 Å². The van der Waals surface area contributed by atoms with Crippen LogP contribution in [0.1, 0.15) is 44.9 Å². The molecule has 0 bridgehead atoms. The van der Waals surface area contributed by atoms with E-state index in [-0.39, 0.29) is 154 Å². The zero-order valence-corrected chi connectivity index (χ0v) is 30.6. The molecule has 0 saturated carbocycles. The largest absolute Gasteiger partial charge is 1.00 e. The first-order valence-corrected chi connectivity index (χ1v) is 15.8. The van der Waals surface area contributed by atoms with Crippen LogP contribution in [0.2, 0.25) is 0 Å². The van der Waals surface area contributed by atoms with Crippen molar-refractivity contribution in [1.82, 2.24) is 0 Å². The van der Waals surface area contributed by atoms with Gasteiger partial charge in [0, 0.05) is 43.5 Å². The van der Waals surface area contributed by atoms with Crippen molar-refractivity contribution in [2.24, 2.45) is 0 Å². The molecule has 1 heterocycles. The summed E-state index contributed by atoms with van der Waals surface area (Å²) in [6, 6.07) is 0. The number of hydrogen-bond donors (Lipinski definition) is 1. The molecule has 0 aromatic carbocycles. The van der Waals surface area contributed by atoms with E-state index in [0.29, 0.717) is 6.42 Å². The Hall–Kier alpha value is 2.53. The van der Waals surface area contributed by atoms with Crippen LogP contribution in [0.15, 0.2) is 0 Å². The summed E-state index contributed by atoms with van der Waals surface area (Å²) in [5.41, 5.74) is 0. The molecule has 1 rings (SSSR count). The van der Waals surface area contributed by atoms with Crippen molar-refractivity contribution in [1.29, 1.82) is 0 Å². The minimum atomic E-state index is -4.34. The summed E-state index contributed by atoms with van der Waals surface area (Å²) in [7, 11) is -13.0. The molecule has 0 aromatic heterocycles. The van der Waals surface area contributed by atoms with Gasteiger partial charge in [-0.15, -0.1) is 0 Å². The average molecular weight is 639 g/mol. The van der Waals surface area contributed by atoms with Crippen molar-refractivity contribution in [3.63, 3.8) is 0 Å². The second kappa shape index (κ2) is 23.0. The van der Waals surface area contributed by atoms with Crippen molar-refractivity contribution in [2.45, 2.75) is 69.5 Å². The van der Waals surface area contributed by atoms with E-state index in [1.807, 2.05) is 0 Å². The standard InChI is InChI=1S/C18H36O14S3.3Na/c19-18-17(31-9-3-6-12-35(26,27)28)16(30-8-2-5-11-34(23,24)25)13-15(32-18)14-29-7-1-4-10-33(20,21)22;;;/h15-19H,1-14H2,(H,20,21,22)(H,23,24,25)(H,26,27,28);;;/q;3*+1/p-3/t15-,16-,17+,18-;;;/m0.../s1. The molecule has 14 nitrogen and oxygen atoms in total. The van der Waals surface area contributed by atoms with Gasteiger partial charge in [0.15, 0.2) is 6.29 Å². The van der Waals surface area contributed by atoms with Crippen LogP contribution in [0.3, 0.4) is 0 Å². The van der Waals surface area contributed by atoms with Gasteiger partial charge in [-0.3, -0.25) is 0 Å². The fourth-order valence-corrected chi connectivity index (χ4v) is 4.95. The maximum absolute atomic E-state index is 10.7. The number of aliphatic hydroxyl groups excluding tert-OH is 1. The molecular formula is C18H33Na3O14S3. The molecule has 0 unspecified atom stereocenters. The summed E-state index contributed by atoms with van der Waals surface area (Å²) in [4.78, 5) is 0. The number of aliphatic hydroxyl groups is 1. The minimum Gasteiger partial charge on any atom is -0.748 e. The maximum atomic E-state index is 10.7. The molecule has 0 aliphatic carbocycles. The third-order valence-electron chi connectivity index (χ3n) is 4.93. The van der Waals surface area contributed by atoms with Gasteiger partial charge in [0.05, 0.1) is 49.2 Å². The third kappa shape index (κ3) is 25.1. The zero-order chi connectivity index (χ0) is 26.5. The number of unbranched alkanes of at least 4 members (excludes halogenated alkanes) is 3. The molecule has 0 aromatic rings. The van der Waals surface area contributed by atoms with Gasteiger partial charge < -0.3 is 37.7 Å². The molecule has 1 fully saturated rings. The Morgan fingerprint density at radius 3 is 1.55 bits per heavy atom. The quantitative estimate of drug-likeness (QED) is 0.0787. The van der Waals surface area contributed by atoms with Gasteiger partial charge in [-0.25, -0.2) is 25.3 Å². The van der Waals surface area contributed by atoms with E-state index in [9.17, 15) is 44.0 Å². The molecule has 1 aliphatic rings. The van der Waals surface area contributed by atoms with E-state index >= 15 is 0 Å². The average Bonchev–Trinajstić information content (AvgIpc) is 2.69. The van der Waals surface area contributed by atoms with E-state index in [0.717, 1.165) is 0 Å². The number of hydrogen-bond acceptors (Lipinski definition) is 14. The molecule has 210 valence electrons. The Morgan fingerprint density at radius 1 is 0.684 bits per heavy atom. The van der Waals surface area contributed by atoms with Crippen LogP contribution in [-0.4, -0.2) is 112 Å². The molecule has 1 N–H and O–H groups in total. The summed E-state index contributed by atoms with van der Waals surface area (Å²) >= 11 is 0. The molecule has 4 atom stereocenters. The van der Waals surface area contributed by atoms with Crippen molar-refractivity contribution in [2.75, 3.05) is 43.7 Å². The van der Waals surface area contributed by atoms with Crippen LogP contribution >= 0.6 is 0 Å². The zero-order valence-electron chi connectivity index (χ0n) is 22.2. The fraction of sp³-hybridized carbons (Fsp3) is 1.00. The Labute approximate surface area is 291 Å². The van der Waals surface area contributed by atoms with Crippen LogP contribution in [-0.2, 0) is 49.3 Å². The van der Waals surface area contributed by atoms with E-state index in [4.69, 9.17) is 18.9 Å². The van der Waals surface area contributed by atoms with Crippen LogP contribution < -0.4 is 88.7 Å². The first-order chi connectivity index (χ1) is 16.2. The van der Waals surface area contributed by atoms with Gasteiger partial charge in [0.25, 0.3) is 0 Å². The van der Waals surface area contributed by atoms with Gasteiger partial charge in [0.2, 0.25) is 0 Å². The SMILES string of the molecule is O=S(=O)([O-])CCCCOC[C@@H]1C[C@H](OCCCCS(=O)(=O)[O-])[C@@H](OCCCCS(=O)(=O)[O-])[C@@H](O)O1.[Na+].[Na+].[Na+]. The van der Waals surface area contributed by atoms with Crippen molar-refractivity contribution in [3.8, 4) is 0 Å². The molecule has 1 aliphatic heterocycles. The molecule has 0 radical (unpaired) electrons. The van der Waals surface area contributed by atoms with Gasteiger partial charge >= 0.3 is 88.7 Å². The minimum absolute atomic E-state index is 0. The third-order valence-corrected chi connectivity index (χ3v) is 7.30. The monoisotopic (exact) mass is 638 g/mol. The molecule has 1 saturated heterocycles. The Morgan fingerprint density at radius 2 is 1.11 bits per heavy atom. The van der Waals surface area contributed by atoms with Crippen LogP contribution in [0.5, 0.6) is 0 Å². The van der Waals surface area contributed by atoms with E-state index in [2.05, 4.69) is 0 Å². The summed E-state index contributed by atoms with van der Waals surface area (Å²) in [5.74, 6) is -1.56. The van der Waals surface area contributed by atoms with Gasteiger partial charge in [-0.05, 0) is 38.5 Å². The Balaban J connectivity index is -0.00000408. The Kier molecular flexibility index (Phi) is 27.2. The van der Waals surface area contributed by atoms with Gasteiger partial charge in [-0.1, -0.05) is 0 Å². The van der Waals surface area contributed by atoms with E-state index in [1.54, 1.807) is 0 Å². The molecule has 0 spiro atoms. The normalized spacial score (nSPS) is 22.1. The molecule has 38 heavy (non-hydrogen) atoms. The van der Waals surface area contributed by atoms with E-state index in [1.165, 1.54) is 0 Å². The molecule has 20 heteroatoms. The fourth-order valence-electron chi connectivity index (χ4n) is 3.28. The number of rotatable bonds is 19. The van der Waals surface area contributed by atoms with Crippen molar-refractivity contribution in [3.05, 3.63) is 0 Å². The summed E-state index contributed by atoms with van der Waals surface area (Å²) < 4.78 is 118. The first kappa shape index (κ1) is 45.0. The maximum Gasteiger partial charge on any atom is 1.00 e. The van der Waals surface area contributed by atoms with E-state index < -0.39 is 72.2 Å².